The van der Waals surface area contributed by atoms with Crippen molar-refractivity contribution in [3.8, 4) is 17.2 Å². The second-order valence-electron chi connectivity index (χ2n) is 7.77. The molecule has 3 aromatic carbocycles. The summed E-state index contributed by atoms with van der Waals surface area (Å²) in [7, 11) is 4.63. The first-order valence-corrected chi connectivity index (χ1v) is 10.5. The number of aryl methyl sites for hydroxylation is 1. The van der Waals surface area contributed by atoms with Crippen LogP contribution in [0.3, 0.4) is 0 Å². The van der Waals surface area contributed by atoms with Gasteiger partial charge in [-0.05, 0) is 42.8 Å². The number of ketones is 1. The molecule has 0 aliphatic carbocycles. The largest absolute Gasteiger partial charge is 0.497 e. The first-order chi connectivity index (χ1) is 15.9. The molecule has 33 heavy (non-hydrogen) atoms. The van der Waals surface area contributed by atoms with E-state index in [4.69, 9.17) is 14.2 Å². The summed E-state index contributed by atoms with van der Waals surface area (Å²) >= 11 is 0. The van der Waals surface area contributed by atoms with Crippen molar-refractivity contribution < 1.29 is 19.0 Å². The van der Waals surface area contributed by atoms with Crippen LogP contribution in [0.5, 0.6) is 17.2 Å². The zero-order valence-electron chi connectivity index (χ0n) is 19.0. The molecule has 6 nitrogen and oxygen atoms in total. The third kappa shape index (κ3) is 4.32. The fourth-order valence-electron chi connectivity index (χ4n) is 3.80. The van der Waals surface area contributed by atoms with Crippen molar-refractivity contribution in [1.29, 1.82) is 0 Å². The van der Waals surface area contributed by atoms with Crippen molar-refractivity contribution in [2.45, 2.75) is 13.5 Å². The molecule has 168 valence electrons. The van der Waals surface area contributed by atoms with Crippen LogP contribution >= 0.6 is 0 Å². The first-order valence-electron chi connectivity index (χ1n) is 10.5. The quantitative estimate of drug-likeness (QED) is 0.390. The lowest BCUT2D eigenvalue weighted by Crippen LogP contribution is -2.20. The molecule has 0 amide bonds. The van der Waals surface area contributed by atoms with Crippen molar-refractivity contribution in [2.75, 3.05) is 21.3 Å². The Hall–Kier alpha value is -4.06. The molecule has 0 aliphatic heterocycles. The highest BCUT2D eigenvalue weighted by atomic mass is 16.5. The lowest BCUT2D eigenvalue weighted by atomic mass is 10.0. The number of benzene rings is 3. The molecule has 0 atom stereocenters. The van der Waals surface area contributed by atoms with Crippen molar-refractivity contribution in [2.24, 2.45) is 0 Å². The van der Waals surface area contributed by atoms with Crippen LogP contribution < -0.4 is 19.6 Å². The predicted octanol–water partition coefficient (Wildman–Crippen LogP) is 4.62. The molecular formula is C27H25NO5. The van der Waals surface area contributed by atoms with E-state index in [-0.39, 0.29) is 16.8 Å². The fraction of sp³-hybridized carbons (Fsp3) is 0.185. The molecule has 0 unspecified atom stereocenters. The second-order valence-corrected chi connectivity index (χ2v) is 7.77. The number of carbonyl (C=O) groups excluding carboxylic acids is 1. The van der Waals surface area contributed by atoms with E-state index < -0.39 is 0 Å². The van der Waals surface area contributed by atoms with E-state index in [9.17, 15) is 9.59 Å². The van der Waals surface area contributed by atoms with E-state index in [1.54, 1.807) is 56.8 Å². The molecule has 0 saturated heterocycles. The van der Waals surface area contributed by atoms with Gasteiger partial charge in [0.2, 0.25) is 5.43 Å². The Morgan fingerprint density at radius 1 is 0.848 bits per heavy atom. The van der Waals surface area contributed by atoms with Crippen LogP contribution in [0.4, 0.5) is 0 Å². The van der Waals surface area contributed by atoms with Crippen molar-refractivity contribution in [3.05, 3.63) is 99.3 Å². The van der Waals surface area contributed by atoms with Crippen molar-refractivity contribution in [3.63, 3.8) is 0 Å². The highest BCUT2D eigenvalue weighted by Gasteiger charge is 2.19. The molecule has 4 aromatic rings. The number of carbonyl (C=O) groups is 1. The van der Waals surface area contributed by atoms with Crippen LogP contribution in [0.2, 0.25) is 0 Å². The predicted molar refractivity (Wildman–Crippen MR) is 128 cm³/mol. The number of pyridine rings is 1. The number of hydrogen-bond donors (Lipinski definition) is 0. The van der Waals surface area contributed by atoms with Crippen molar-refractivity contribution in [1.82, 2.24) is 4.57 Å². The highest BCUT2D eigenvalue weighted by molar-refractivity contribution is 6.10. The number of fused-ring (bicyclic) bond motifs is 1. The normalized spacial score (nSPS) is 10.8. The van der Waals surface area contributed by atoms with Gasteiger partial charge in [0.05, 0.1) is 37.8 Å². The smallest absolute Gasteiger partial charge is 0.200 e. The summed E-state index contributed by atoms with van der Waals surface area (Å²) in [4.78, 5) is 26.8. The van der Waals surface area contributed by atoms with Gasteiger partial charge in [0.1, 0.15) is 5.75 Å². The Balaban J connectivity index is 1.92. The van der Waals surface area contributed by atoms with Crippen molar-refractivity contribution >= 4 is 16.7 Å². The summed E-state index contributed by atoms with van der Waals surface area (Å²) in [5.74, 6) is 1.23. The molecule has 0 aliphatic rings. The first kappa shape index (κ1) is 22.1. The standard InChI is InChI=1S/C27H25NO5/c1-17-5-7-18(8-6-17)15-28-16-22(26(29)19-9-11-20(31-2)12-10-19)27(30)21-13-24(32-3)25(33-4)14-23(21)28/h5-14,16H,15H2,1-4H3. The Morgan fingerprint density at radius 3 is 2.09 bits per heavy atom. The summed E-state index contributed by atoms with van der Waals surface area (Å²) in [6.07, 6.45) is 1.63. The summed E-state index contributed by atoms with van der Waals surface area (Å²) in [6.45, 7) is 2.51. The van der Waals surface area contributed by atoms with Gasteiger partial charge >= 0.3 is 0 Å². The third-order valence-electron chi connectivity index (χ3n) is 5.66. The molecule has 0 fully saturated rings. The van der Waals surface area contributed by atoms with Gasteiger partial charge in [-0.25, -0.2) is 0 Å². The summed E-state index contributed by atoms with van der Waals surface area (Å²) in [6, 6.07) is 18.3. The van der Waals surface area contributed by atoms with E-state index in [1.807, 2.05) is 35.8 Å². The minimum absolute atomic E-state index is 0.0898. The molecule has 4 rings (SSSR count). The molecule has 0 spiro atoms. The second kappa shape index (κ2) is 9.20. The maximum Gasteiger partial charge on any atom is 0.200 e. The number of methoxy groups -OCH3 is 3. The van der Waals surface area contributed by atoms with Gasteiger partial charge in [0.25, 0.3) is 0 Å². The molecular weight excluding hydrogens is 418 g/mol. The summed E-state index contributed by atoms with van der Waals surface area (Å²) in [5, 5.41) is 0.388. The Kier molecular flexibility index (Phi) is 6.18. The molecule has 0 bridgehead atoms. The topological polar surface area (TPSA) is 66.8 Å². The molecule has 0 radical (unpaired) electrons. The number of ether oxygens (including phenoxy) is 3. The average molecular weight is 443 g/mol. The Bertz CT molecular complexity index is 1370. The van der Waals surface area contributed by atoms with Gasteiger partial charge in [0, 0.05) is 24.4 Å². The minimum Gasteiger partial charge on any atom is -0.497 e. The van der Waals surface area contributed by atoms with E-state index in [2.05, 4.69) is 0 Å². The number of aromatic nitrogens is 1. The molecule has 6 heteroatoms. The van der Waals surface area contributed by atoms with Crippen LogP contribution in [0.15, 0.2) is 71.7 Å². The van der Waals surface area contributed by atoms with Crippen LogP contribution in [0.1, 0.15) is 27.0 Å². The third-order valence-corrected chi connectivity index (χ3v) is 5.66. The van der Waals surface area contributed by atoms with Gasteiger partial charge in [-0.1, -0.05) is 29.8 Å². The van der Waals surface area contributed by atoms with Gasteiger partial charge in [-0.2, -0.15) is 0 Å². The molecule has 1 heterocycles. The van der Waals surface area contributed by atoms with E-state index in [0.29, 0.717) is 40.3 Å². The van der Waals surface area contributed by atoms with E-state index in [0.717, 1.165) is 11.1 Å². The van der Waals surface area contributed by atoms with E-state index >= 15 is 0 Å². The molecule has 0 saturated carbocycles. The van der Waals surface area contributed by atoms with Crippen LogP contribution in [-0.4, -0.2) is 31.7 Å². The highest BCUT2D eigenvalue weighted by Crippen LogP contribution is 2.31. The van der Waals surface area contributed by atoms with E-state index in [1.165, 1.54) is 7.11 Å². The molecule has 0 N–H and O–H groups in total. The Morgan fingerprint density at radius 2 is 1.48 bits per heavy atom. The maximum atomic E-state index is 13.4. The van der Waals surface area contributed by atoms with Gasteiger partial charge in [0.15, 0.2) is 17.3 Å². The van der Waals surface area contributed by atoms with Gasteiger partial charge in [-0.3, -0.25) is 9.59 Å². The Labute approximate surface area is 192 Å². The monoisotopic (exact) mass is 443 g/mol. The summed E-state index contributed by atoms with van der Waals surface area (Å²) in [5.41, 5.74) is 3.01. The lowest BCUT2D eigenvalue weighted by Gasteiger charge is -2.16. The minimum atomic E-state index is -0.355. The number of hydrogen-bond acceptors (Lipinski definition) is 5. The van der Waals surface area contributed by atoms with Crippen LogP contribution in [0.25, 0.3) is 10.9 Å². The van der Waals surface area contributed by atoms with Crippen LogP contribution in [-0.2, 0) is 6.54 Å². The van der Waals surface area contributed by atoms with Crippen LogP contribution in [0, 0.1) is 6.92 Å². The average Bonchev–Trinajstić information content (AvgIpc) is 2.85. The summed E-state index contributed by atoms with van der Waals surface area (Å²) < 4.78 is 17.9. The fourth-order valence-corrected chi connectivity index (χ4v) is 3.80. The maximum absolute atomic E-state index is 13.4. The van der Waals surface area contributed by atoms with Gasteiger partial charge in [-0.15, -0.1) is 0 Å². The number of rotatable bonds is 7. The lowest BCUT2D eigenvalue weighted by molar-refractivity contribution is 0.103. The van der Waals surface area contributed by atoms with Gasteiger partial charge < -0.3 is 18.8 Å². The molecule has 1 aromatic heterocycles. The zero-order valence-corrected chi connectivity index (χ0v) is 19.0. The number of nitrogens with zero attached hydrogens (tertiary/aromatic N) is 1. The zero-order chi connectivity index (χ0) is 23.5. The SMILES string of the molecule is COc1ccc(C(=O)c2cn(Cc3ccc(C)cc3)c3cc(OC)c(OC)cc3c2=O)cc1.